The first-order valence-corrected chi connectivity index (χ1v) is 9.33. The van der Waals surface area contributed by atoms with Crippen LogP contribution >= 0.6 is 0 Å². The van der Waals surface area contributed by atoms with Gasteiger partial charge in [0.15, 0.2) is 0 Å². The molecule has 1 saturated heterocycles. The highest BCUT2D eigenvalue weighted by atomic mass is 32.2. The molecule has 0 radical (unpaired) electrons. The first kappa shape index (κ1) is 16.7. The molecule has 0 unspecified atom stereocenters. The largest absolute Gasteiger partial charge is 0.368 e. The molecule has 7 heteroatoms. The zero-order valence-electron chi connectivity index (χ0n) is 13.8. The van der Waals surface area contributed by atoms with E-state index < -0.39 is 10.0 Å². The maximum absolute atomic E-state index is 12.8. The number of sulfonamides is 1. The van der Waals surface area contributed by atoms with Gasteiger partial charge in [0.1, 0.15) is 0 Å². The van der Waals surface area contributed by atoms with Crippen molar-refractivity contribution in [3.8, 4) is 0 Å². The van der Waals surface area contributed by atoms with Gasteiger partial charge in [-0.15, -0.1) is 0 Å². The van der Waals surface area contributed by atoms with Gasteiger partial charge in [0.05, 0.1) is 10.6 Å². The Labute approximate surface area is 141 Å². The number of aryl methyl sites for hydroxylation is 2. The predicted octanol–water partition coefficient (Wildman–Crippen LogP) is 1.50. The molecule has 2 heterocycles. The minimum absolute atomic E-state index is 0.144. The van der Waals surface area contributed by atoms with Crippen LogP contribution in [0.4, 0.5) is 5.69 Å². The van der Waals surface area contributed by atoms with Gasteiger partial charge in [0, 0.05) is 38.4 Å². The fourth-order valence-electron chi connectivity index (χ4n) is 2.81. The van der Waals surface area contributed by atoms with Crippen molar-refractivity contribution in [1.82, 2.24) is 9.29 Å². The molecule has 1 aromatic carbocycles. The first-order valence-electron chi connectivity index (χ1n) is 7.89. The van der Waals surface area contributed by atoms with Crippen LogP contribution in [-0.4, -0.2) is 43.9 Å². The number of anilines is 1. The molecule has 0 amide bonds. The second-order valence-corrected chi connectivity index (χ2v) is 7.99. The number of benzene rings is 1. The molecule has 6 nitrogen and oxygen atoms in total. The van der Waals surface area contributed by atoms with E-state index in [1.54, 1.807) is 24.4 Å². The minimum atomic E-state index is -3.46. The molecule has 0 spiro atoms. The summed E-state index contributed by atoms with van der Waals surface area (Å²) in [5.41, 5.74) is 2.81. The Bertz CT molecular complexity index is 877. The van der Waals surface area contributed by atoms with E-state index in [-0.39, 0.29) is 5.56 Å². The monoisotopic (exact) mass is 347 g/mol. The molecule has 1 aliphatic rings. The Morgan fingerprint density at radius 2 is 1.67 bits per heavy atom. The quantitative estimate of drug-likeness (QED) is 0.913. The van der Waals surface area contributed by atoms with Gasteiger partial charge in [-0.2, -0.15) is 4.31 Å². The van der Waals surface area contributed by atoms with E-state index >= 15 is 0 Å². The highest BCUT2D eigenvalue weighted by molar-refractivity contribution is 7.89. The van der Waals surface area contributed by atoms with E-state index in [0.29, 0.717) is 31.1 Å². The van der Waals surface area contributed by atoms with Gasteiger partial charge in [-0.3, -0.25) is 4.79 Å². The number of H-pyrrole nitrogens is 1. The van der Waals surface area contributed by atoms with Crippen LogP contribution in [0.15, 0.2) is 46.2 Å². The van der Waals surface area contributed by atoms with Crippen LogP contribution in [-0.2, 0) is 10.0 Å². The fourth-order valence-corrected chi connectivity index (χ4v) is 4.32. The number of nitrogens with one attached hydrogen (secondary N) is 1. The van der Waals surface area contributed by atoms with Gasteiger partial charge in [0.25, 0.3) is 0 Å². The fraction of sp³-hybridized carbons (Fsp3) is 0.353. The van der Waals surface area contributed by atoms with E-state index in [4.69, 9.17) is 0 Å². The van der Waals surface area contributed by atoms with Crippen molar-refractivity contribution in [2.24, 2.45) is 0 Å². The smallest absolute Gasteiger partial charge is 0.248 e. The summed E-state index contributed by atoms with van der Waals surface area (Å²) in [4.78, 5) is 16.2. The third-order valence-corrected chi connectivity index (χ3v) is 6.38. The number of aromatic amines is 1. The third-order valence-electron chi connectivity index (χ3n) is 4.49. The standard InChI is InChI=1S/C17H21N3O3S/c1-13-3-5-16(11-14(13)2)24(22,23)20-9-7-19(8-10-20)15-4-6-17(21)18-12-15/h3-6,11-12H,7-10H2,1-2H3,(H,18,21). The Kier molecular flexibility index (Phi) is 4.47. The molecule has 1 aliphatic heterocycles. The molecule has 1 aromatic heterocycles. The molecule has 0 saturated carbocycles. The van der Waals surface area contributed by atoms with E-state index in [0.717, 1.165) is 16.8 Å². The second kappa shape index (κ2) is 6.41. The summed E-state index contributed by atoms with van der Waals surface area (Å²) in [7, 11) is -3.46. The van der Waals surface area contributed by atoms with Crippen molar-refractivity contribution in [3.63, 3.8) is 0 Å². The summed E-state index contributed by atoms with van der Waals surface area (Å²) >= 11 is 0. The van der Waals surface area contributed by atoms with Crippen molar-refractivity contribution in [1.29, 1.82) is 0 Å². The molecule has 0 atom stereocenters. The summed E-state index contributed by atoms with van der Waals surface area (Å²) in [6.45, 7) is 5.92. The molecule has 2 aromatic rings. The summed E-state index contributed by atoms with van der Waals surface area (Å²) in [5, 5.41) is 0. The highest BCUT2D eigenvalue weighted by Crippen LogP contribution is 2.22. The van der Waals surface area contributed by atoms with Crippen LogP contribution in [0.25, 0.3) is 0 Å². The summed E-state index contributed by atoms with van der Waals surface area (Å²) in [5.74, 6) is 0. The lowest BCUT2D eigenvalue weighted by molar-refractivity contribution is 0.385. The number of pyridine rings is 1. The number of rotatable bonds is 3. The molecule has 128 valence electrons. The zero-order chi connectivity index (χ0) is 17.3. The Hall–Kier alpha value is -2.12. The lowest BCUT2D eigenvalue weighted by atomic mass is 10.1. The van der Waals surface area contributed by atoms with E-state index in [1.165, 1.54) is 10.4 Å². The van der Waals surface area contributed by atoms with Gasteiger partial charge in [-0.05, 0) is 43.2 Å². The zero-order valence-corrected chi connectivity index (χ0v) is 14.6. The molecule has 3 rings (SSSR count). The highest BCUT2D eigenvalue weighted by Gasteiger charge is 2.28. The maximum atomic E-state index is 12.8. The van der Waals surface area contributed by atoms with Gasteiger partial charge in [-0.1, -0.05) is 6.07 Å². The van der Waals surface area contributed by atoms with Crippen LogP contribution in [0, 0.1) is 13.8 Å². The molecular formula is C17H21N3O3S. The Morgan fingerprint density at radius 3 is 2.25 bits per heavy atom. The van der Waals surface area contributed by atoms with Crippen LogP contribution in [0.5, 0.6) is 0 Å². The molecule has 1 N–H and O–H groups in total. The summed E-state index contributed by atoms with van der Waals surface area (Å²) < 4.78 is 27.1. The van der Waals surface area contributed by atoms with Crippen molar-refractivity contribution < 1.29 is 8.42 Å². The van der Waals surface area contributed by atoms with Gasteiger partial charge < -0.3 is 9.88 Å². The molecule has 0 aliphatic carbocycles. The molecule has 0 bridgehead atoms. The lowest BCUT2D eigenvalue weighted by Crippen LogP contribution is -2.48. The number of nitrogens with zero attached hydrogens (tertiary/aromatic N) is 2. The molecule has 1 fully saturated rings. The average molecular weight is 347 g/mol. The van der Waals surface area contributed by atoms with Crippen molar-refractivity contribution >= 4 is 15.7 Å². The van der Waals surface area contributed by atoms with Crippen LogP contribution in [0.2, 0.25) is 0 Å². The first-order chi connectivity index (χ1) is 11.4. The predicted molar refractivity (Wildman–Crippen MR) is 94.0 cm³/mol. The normalized spacial score (nSPS) is 16.3. The third kappa shape index (κ3) is 3.22. The molecular weight excluding hydrogens is 326 g/mol. The van der Waals surface area contributed by atoms with Crippen molar-refractivity contribution in [3.05, 3.63) is 58.0 Å². The van der Waals surface area contributed by atoms with Crippen LogP contribution in [0.1, 0.15) is 11.1 Å². The lowest BCUT2D eigenvalue weighted by Gasteiger charge is -2.35. The maximum Gasteiger partial charge on any atom is 0.248 e. The number of hydrogen-bond acceptors (Lipinski definition) is 4. The van der Waals surface area contributed by atoms with Gasteiger partial charge in [0.2, 0.25) is 15.6 Å². The van der Waals surface area contributed by atoms with E-state index in [9.17, 15) is 13.2 Å². The van der Waals surface area contributed by atoms with Crippen molar-refractivity contribution in [2.75, 3.05) is 31.1 Å². The summed E-state index contributed by atoms with van der Waals surface area (Å²) in [6.07, 6.45) is 1.66. The van der Waals surface area contributed by atoms with Crippen LogP contribution < -0.4 is 10.5 Å². The average Bonchev–Trinajstić information content (AvgIpc) is 2.58. The van der Waals surface area contributed by atoms with Crippen LogP contribution in [0.3, 0.4) is 0 Å². The SMILES string of the molecule is Cc1ccc(S(=O)(=O)N2CCN(c3ccc(=O)[nH]c3)CC2)cc1C. The summed E-state index contributed by atoms with van der Waals surface area (Å²) in [6, 6.07) is 8.49. The number of hydrogen-bond donors (Lipinski definition) is 1. The Morgan fingerprint density at radius 1 is 0.958 bits per heavy atom. The molecule has 24 heavy (non-hydrogen) atoms. The topological polar surface area (TPSA) is 73.5 Å². The van der Waals surface area contributed by atoms with Gasteiger partial charge in [-0.25, -0.2) is 8.42 Å². The van der Waals surface area contributed by atoms with E-state index in [2.05, 4.69) is 9.88 Å². The second-order valence-electron chi connectivity index (χ2n) is 6.05. The Balaban J connectivity index is 1.74. The minimum Gasteiger partial charge on any atom is -0.368 e. The van der Waals surface area contributed by atoms with Gasteiger partial charge >= 0.3 is 0 Å². The number of aromatic nitrogens is 1. The number of piperazine rings is 1. The van der Waals surface area contributed by atoms with E-state index in [1.807, 2.05) is 19.9 Å². The van der Waals surface area contributed by atoms with Crippen molar-refractivity contribution in [2.45, 2.75) is 18.7 Å².